The van der Waals surface area contributed by atoms with E-state index in [1.165, 1.54) is 0 Å². The summed E-state index contributed by atoms with van der Waals surface area (Å²) in [5.74, 6) is 0.741. The molecule has 0 amide bonds. The summed E-state index contributed by atoms with van der Waals surface area (Å²) in [6.07, 6.45) is 4.33. The third-order valence-electron chi connectivity index (χ3n) is 3.10. The molecule has 1 N–H and O–H groups in total. The lowest BCUT2D eigenvalue weighted by atomic mass is 9.92. The van der Waals surface area contributed by atoms with Crippen LogP contribution in [0.4, 0.5) is 0 Å². The van der Waals surface area contributed by atoms with Crippen molar-refractivity contribution in [3.8, 4) is 0 Å². The molecule has 0 radical (unpaired) electrons. The van der Waals surface area contributed by atoms with Crippen LogP contribution in [0, 0.1) is 0 Å². The van der Waals surface area contributed by atoms with Crippen LogP contribution in [0.3, 0.4) is 0 Å². The number of aromatic nitrogens is 2. The standard InChI is InChI=1S/C12H11BrN2O/c13-10-3-1-2-9(8-10)12(16)4-6-15-7-5-14-11(12)15/h1-3,5,7-8,16H,4,6H2. The van der Waals surface area contributed by atoms with Gasteiger partial charge in [0.05, 0.1) is 0 Å². The summed E-state index contributed by atoms with van der Waals surface area (Å²) in [5.41, 5.74) is -0.0420. The largest absolute Gasteiger partial charge is 0.377 e. The Hall–Kier alpha value is -1.13. The molecule has 2 heterocycles. The Morgan fingerprint density at radius 2 is 2.31 bits per heavy atom. The van der Waals surface area contributed by atoms with E-state index in [2.05, 4.69) is 20.9 Å². The highest BCUT2D eigenvalue weighted by Crippen LogP contribution is 2.37. The Kier molecular flexibility index (Phi) is 2.16. The third-order valence-corrected chi connectivity index (χ3v) is 3.60. The number of hydrogen-bond acceptors (Lipinski definition) is 2. The van der Waals surface area contributed by atoms with Gasteiger partial charge in [-0.1, -0.05) is 28.1 Å². The fraction of sp³-hybridized carbons (Fsp3) is 0.250. The Labute approximate surface area is 102 Å². The van der Waals surface area contributed by atoms with Crippen molar-refractivity contribution in [2.75, 3.05) is 0 Å². The van der Waals surface area contributed by atoms with Crippen LogP contribution in [0.5, 0.6) is 0 Å². The molecule has 2 aromatic rings. The second-order valence-electron chi connectivity index (χ2n) is 4.06. The minimum Gasteiger partial charge on any atom is -0.377 e. The van der Waals surface area contributed by atoms with E-state index in [1.54, 1.807) is 6.20 Å². The number of nitrogens with zero attached hydrogens (tertiary/aromatic N) is 2. The fourth-order valence-corrected chi connectivity index (χ4v) is 2.67. The average molecular weight is 279 g/mol. The van der Waals surface area contributed by atoms with Gasteiger partial charge in [0.25, 0.3) is 0 Å². The van der Waals surface area contributed by atoms with Crippen LogP contribution >= 0.6 is 15.9 Å². The summed E-state index contributed by atoms with van der Waals surface area (Å²) < 4.78 is 2.98. The molecular formula is C12H11BrN2O. The van der Waals surface area contributed by atoms with Crippen molar-refractivity contribution >= 4 is 15.9 Å². The summed E-state index contributed by atoms with van der Waals surface area (Å²) in [5, 5.41) is 10.7. The highest BCUT2D eigenvalue weighted by atomic mass is 79.9. The van der Waals surface area contributed by atoms with Gasteiger partial charge in [0.1, 0.15) is 11.4 Å². The number of imidazole rings is 1. The third kappa shape index (κ3) is 1.33. The zero-order valence-corrected chi connectivity index (χ0v) is 10.2. The number of aliphatic hydroxyl groups is 1. The molecule has 1 atom stereocenters. The van der Waals surface area contributed by atoms with Crippen molar-refractivity contribution < 1.29 is 5.11 Å². The van der Waals surface area contributed by atoms with Crippen molar-refractivity contribution in [2.24, 2.45) is 0 Å². The van der Waals surface area contributed by atoms with Crippen molar-refractivity contribution in [3.05, 3.63) is 52.5 Å². The molecular weight excluding hydrogens is 268 g/mol. The molecule has 0 spiro atoms. The first-order valence-corrected chi connectivity index (χ1v) is 5.99. The molecule has 16 heavy (non-hydrogen) atoms. The minimum atomic E-state index is -0.937. The molecule has 0 aliphatic carbocycles. The summed E-state index contributed by atoms with van der Waals surface area (Å²) in [6.45, 7) is 0.818. The van der Waals surface area contributed by atoms with Gasteiger partial charge >= 0.3 is 0 Å². The minimum absolute atomic E-state index is 0.687. The fourth-order valence-electron chi connectivity index (χ4n) is 2.27. The summed E-state index contributed by atoms with van der Waals surface area (Å²) in [7, 11) is 0. The maximum Gasteiger partial charge on any atom is 0.149 e. The van der Waals surface area contributed by atoms with Crippen molar-refractivity contribution in [1.29, 1.82) is 0 Å². The molecule has 1 aromatic carbocycles. The van der Waals surface area contributed by atoms with Crippen LogP contribution in [-0.4, -0.2) is 14.7 Å². The van der Waals surface area contributed by atoms with E-state index in [0.717, 1.165) is 22.4 Å². The molecule has 1 aromatic heterocycles. The Bertz CT molecular complexity index is 537. The molecule has 1 unspecified atom stereocenters. The number of rotatable bonds is 1. The van der Waals surface area contributed by atoms with Crippen LogP contribution in [0.25, 0.3) is 0 Å². The van der Waals surface area contributed by atoms with Gasteiger partial charge in [-0.15, -0.1) is 0 Å². The Balaban J connectivity index is 2.14. The molecule has 3 nitrogen and oxygen atoms in total. The van der Waals surface area contributed by atoms with Gasteiger partial charge in [-0.25, -0.2) is 4.98 Å². The maximum atomic E-state index is 10.7. The monoisotopic (exact) mass is 278 g/mol. The van der Waals surface area contributed by atoms with Crippen LogP contribution in [0.15, 0.2) is 41.1 Å². The summed E-state index contributed by atoms with van der Waals surface area (Å²) in [4.78, 5) is 4.25. The highest BCUT2D eigenvalue weighted by molar-refractivity contribution is 9.10. The topological polar surface area (TPSA) is 38.0 Å². The number of fused-ring (bicyclic) bond motifs is 1. The molecule has 1 aliphatic heterocycles. The van der Waals surface area contributed by atoms with Gasteiger partial charge in [0.15, 0.2) is 0 Å². The summed E-state index contributed by atoms with van der Waals surface area (Å²) >= 11 is 3.43. The lowest BCUT2D eigenvalue weighted by Gasteiger charge is -2.21. The van der Waals surface area contributed by atoms with E-state index in [4.69, 9.17) is 0 Å². The second-order valence-corrected chi connectivity index (χ2v) is 4.98. The zero-order chi connectivity index (χ0) is 11.2. The van der Waals surface area contributed by atoms with Crippen LogP contribution in [0.2, 0.25) is 0 Å². The lowest BCUT2D eigenvalue weighted by molar-refractivity contribution is 0.0785. The lowest BCUT2D eigenvalue weighted by Crippen LogP contribution is -2.24. The molecule has 4 heteroatoms. The summed E-state index contributed by atoms with van der Waals surface area (Å²) in [6, 6.07) is 7.77. The molecule has 0 saturated heterocycles. The van der Waals surface area contributed by atoms with Crippen LogP contribution < -0.4 is 0 Å². The predicted octanol–water partition coefficient (Wildman–Crippen LogP) is 2.29. The first-order valence-electron chi connectivity index (χ1n) is 5.20. The maximum absolute atomic E-state index is 10.7. The van der Waals surface area contributed by atoms with E-state index in [-0.39, 0.29) is 0 Å². The first kappa shape index (κ1) is 10.1. The van der Waals surface area contributed by atoms with E-state index in [0.29, 0.717) is 6.42 Å². The van der Waals surface area contributed by atoms with E-state index >= 15 is 0 Å². The van der Waals surface area contributed by atoms with E-state index < -0.39 is 5.60 Å². The van der Waals surface area contributed by atoms with Crippen molar-refractivity contribution in [2.45, 2.75) is 18.6 Å². The molecule has 82 valence electrons. The van der Waals surface area contributed by atoms with E-state index in [1.807, 2.05) is 35.0 Å². The van der Waals surface area contributed by atoms with Gasteiger partial charge < -0.3 is 9.67 Å². The number of benzene rings is 1. The molecule has 0 fully saturated rings. The quantitative estimate of drug-likeness (QED) is 0.869. The number of aryl methyl sites for hydroxylation is 1. The van der Waals surface area contributed by atoms with Crippen molar-refractivity contribution in [1.82, 2.24) is 9.55 Å². The molecule has 0 bridgehead atoms. The van der Waals surface area contributed by atoms with Gasteiger partial charge in [-0.2, -0.15) is 0 Å². The van der Waals surface area contributed by atoms with Gasteiger partial charge in [-0.05, 0) is 17.7 Å². The van der Waals surface area contributed by atoms with Gasteiger partial charge in [0, 0.05) is 29.8 Å². The highest BCUT2D eigenvalue weighted by Gasteiger charge is 2.40. The zero-order valence-electron chi connectivity index (χ0n) is 8.60. The molecule has 3 rings (SSSR count). The molecule has 0 saturated carbocycles. The van der Waals surface area contributed by atoms with Gasteiger partial charge in [-0.3, -0.25) is 0 Å². The SMILES string of the molecule is OC1(c2cccc(Br)c2)CCn2ccnc21. The Morgan fingerprint density at radius 3 is 3.12 bits per heavy atom. The molecule has 1 aliphatic rings. The number of halogens is 1. The van der Waals surface area contributed by atoms with Crippen LogP contribution in [-0.2, 0) is 12.1 Å². The first-order chi connectivity index (χ1) is 7.70. The van der Waals surface area contributed by atoms with E-state index in [9.17, 15) is 5.11 Å². The average Bonchev–Trinajstić information content (AvgIpc) is 2.84. The van der Waals surface area contributed by atoms with Crippen LogP contribution in [0.1, 0.15) is 17.8 Å². The normalized spacial score (nSPS) is 23.4. The van der Waals surface area contributed by atoms with Gasteiger partial charge in [0.2, 0.25) is 0 Å². The Morgan fingerprint density at radius 1 is 1.44 bits per heavy atom. The van der Waals surface area contributed by atoms with Crippen molar-refractivity contribution in [3.63, 3.8) is 0 Å². The smallest absolute Gasteiger partial charge is 0.149 e. The second kappa shape index (κ2) is 3.43. The number of hydrogen-bond donors (Lipinski definition) is 1. The predicted molar refractivity (Wildman–Crippen MR) is 64.0 cm³/mol.